The van der Waals surface area contributed by atoms with Gasteiger partial charge in [-0.2, -0.15) is 0 Å². The normalized spacial score (nSPS) is 12.8. The number of ether oxygens (including phenoxy) is 1. The second-order valence-electron chi connectivity index (χ2n) is 3.83. The average Bonchev–Trinajstić information content (AvgIpc) is 2.62. The van der Waals surface area contributed by atoms with E-state index in [4.69, 9.17) is 10.5 Å². The topological polar surface area (TPSA) is 52.3 Å². The molecular formula is C10H15BrClNO2S. The Bertz CT molecular complexity index is 367. The van der Waals surface area contributed by atoms with E-state index >= 15 is 0 Å². The molecule has 0 aromatic carbocycles. The van der Waals surface area contributed by atoms with E-state index in [0.717, 1.165) is 8.66 Å². The van der Waals surface area contributed by atoms with Crippen LogP contribution in [0.15, 0.2) is 15.9 Å². The van der Waals surface area contributed by atoms with Gasteiger partial charge in [0.2, 0.25) is 0 Å². The summed E-state index contributed by atoms with van der Waals surface area (Å²) in [6.45, 7) is 3.58. The SMILES string of the molecule is COC(=O)C(C)(C)[C@@H](N)c1ccc(Br)s1.Cl. The maximum atomic E-state index is 11.5. The van der Waals surface area contributed by atoms with Crippen molar-refractivity contribution in [3.8, 4) is 0 Å². The second-order valence-corrected chi connectivity index (χ2v) is 6.33. The molecule has 1 rings (SSSR count). The Balaban J connectivity index is 0.00000225. The lowest BCUT2D eigenvalue weighted by molar-refractivity contribution is -0.152. The highest BCUT2D eigenvalue weighted by atomic mass is 79.9. The largest absolute Gasteiger partial charge is 0.469 e. The van der Waals surface area contributed by atoms with Crippen LogP contribution in [0.5, 0.6) is 0 Å². The van der Waals surface area contributed by atoms with Crippen molar-refractivity contribution in [3.63, 3.8) is 0 Å². The Morgan fingerprint density at radius 1 is 1.56 bits per heavy atom. The summed E-state index contributed by atoms with van der Waals surface area (Å²) < 4.78 is 5.75. The molecule has 0 bridgehead atoms. The van der Waals surface area contributed by atoms with E-state index in [0.29, 0.717) is 0 Å². The number of carbonyl (C=O) groups is 1. The first-order valence-corrected chi connectivity index (χ1v) is 6.09. The van der Waals surface area contributed by atoms with Crippen LogP contribution in [0.4, 0.5) is 0 Å². The van der Waals surface area contributed by atoms with Gasteiger partial charge in [-0.1, -0.05) is 0 Å². The van der Waals surface area contributed by atoms with E-state index < -0.39 is 5.41 Å². The highest BCUT2D eigenvalue weighted by molar-refractivity contribution is 9.11. The summed E-state index contributed by atoms with van der Waals surface area (Å²) in [4.78, 5) is 12.5. The van der Waals surface area contributed by atoms with Gasteiger partial charge in [-0.3, -0.25) is 4.79 Å². The van der Waals surface area contributed by atoms with Gasteiger partial charge in [0, 0.05) is 4.88 Å². The standard InChI is InChI=1S/C10H14BrNO2S.ClH/c1-10(2,9(13)14-3)8(12)6-4-5-7(11)15-6;/h4-5,8H,12H2,1-3H3;1H/t8-;/m0./s1. The number of methoxy groups -OCH3 is 1. The minimum absolute atomic E-state index is 0. The summed E-state index contributed by atoms with van der Waals surface area (Å²) in [5.74, 6) is -0.292. The highest BCUT2D eigenvalue weighted by Gasteiger charge is 2.37. The zero-order valence-electron chi connectivity index (χ0n) is 9.32. The number of hydrogen-bond acceptors (Lipinski definition) is 4. The fourth-order valence-corrected chi connectivity index (χ4v) is 2.85. The van der Waals surface area contributed by atoms with Crippen LogP contribution in [0.2, 0.25) is 0 Å². The number of halogens is 2. The average molecular weight is 329 g/mol. The minimum atomic E-state index is -0.709. The Labute approximate surface area is 114 Å². The summed E-state index contributed by atoms with van der Waals surface area (Å²) >= 11 is 4.90. The van der Waals surface area contributed by atoms with Crippen molar-refractivity contribution in [2.45, 2.75) is 19.9 Å². The minimum Gasteiger partial charge on any atom is -0.469 e. The lowest BCUT2D eigenvalue weighted by atomic mass is 9.84. The third kappa shape index (κ3) is 3.20. The lowest BCUT2D eigenvalue weighted by Gasteiger charge is -2.27. The van der Waals surface area contributed by atoms with E-state index in [1.165, 1.54) is 18.4 Å². The van der Waals surface area contributed by atoms with Crippen LogP contribution in [0, 0.1) is 5.41 Å². The molecule has 1 heterocycles. The maximum absolute atomic E-state index is 11.5. The molecule has 0 saturated heterocycles. The molecule has 0 saturated carbocycles. The van der Waals surface area contributed by atoms with Gasteiger partial charge in [0.25, 0.3) is 0 Å². The van der Waals surface area contributed by atoms with Crippen LogP contribution in [-0.4, -0.2) is 13.1 Å². The summed E-state index contributed by atoms with van der Waals surface area (Å²) in [6.07, 6.45) is 0. The van der Waals surface area contributed by atoms with Crippen molar-refractivity contribution in [3.05, 3.63) is 20.8 Å². The molecule has 0 unspecified atom stereocenters. The molecule has 2 N–H and O–H groups in total. The molecule has 1 aromatic heterocycles. The monoisotopic (exact) mass is 327 g/mol. The first-order valence-electron chi connectivity index (χ1n) is 4.49. The van der Waals surface area contributed by atoms with Crippen LogP contribution in [0.25, 0.3) is 0 Å². The lowest BCUT2D eigenvalue weighted by Crippen LogP contribution is -2.36. The van der Waals surface area contributed by atoms with Crippen molar-refractivity contribution in [1.29, 1.82) is 0 Å². The van der Waals surface area contributed by atoms with E-state index in [2.05, 4.69) is 15.9 Å². The van der Waals surface area contributed by atoms with Crippen LogP contribution in [-0.2, 0) is 9.53 Å². The third-order valence-corrected chi connectivity index (χ3v) is 4.10. The fraction of sp³-hybridized carbons (Fsp3) is 0.500. The van der Waals surface area contributed by atoms with Crippen molar-refractivity contribution in [2.75, 3.05) is 7.11 Å². The maximum Gasteiger partial charge on any atom is 0.313 e. The first kappa shape index (κ1) is 15.9. The Morgan fingerprint density at radius 3 is 2.50 bits per heavy atom. The molecule has 0 aliphatic carbocycles. The second kappa shape index (κ2) is 6.00. The summed E-state index contributed by atoms with van der Waals surface area (Å²) in [6, 6.07) is 3.50. The molecule has 3 nitrogen and oxygen atoms in total. The van der Waals surface area contributed by atoms with E-state index in [1.54, 1.807) is 13.8 Å². The zero-order chi connectivity index (χ0) is 11.6. The number of hydrogen-bond donors (Lipinski definition) is 1. The van der Waals surface area contributed by atoms with Gasteiger partial charge in [-0.15, -0.1) is 23.7 Å². The molecule has 0 fully saturated rings. The van der Waals surface area contributed by atoms with E-state index in [1.807, 2.05) is 12.1 Å². The predicted molar refractivity (Wildman–Crippen MR) is 72.0 cm³/mol. The van der Waals surface area contributed by atoms with Crippen molar-refractivity contribution < 1.29 is 9.53 Å². The molecule has 92 valence electrons. The van der Waals surface area contributed by atoms with Gasteiger partial charge in [0.15, 0.2) is 0 Å². The Kier molecular flexibility index (Phi) is 5.96. The smallest absolute Gasteiger partial charge is 0.313 e. The molecule has 6 heteroatoms. The fourth-order valence-electron chi connectivity index (χ4n) is 1.24. The number of carbonyl (C=O) groups excluding carboxylic acids is 1. The van der Waals surface area contributed by atoms with Gasteiger partial charge in [0.1, 0.15) is 0 Å². The third-order valence-electron chi connectivity index (χ3n) is 2.39. The highest BCUT2D eigenvalue weighted by Crippen LogP contribution is 2.37. The predicted octanol–water partition coefficient (Wildman–Crippen LogP) is 3.13. The molecule has 16 heavy (non-hydrogen) atoms. The molecule has 0 aliphatic rings. The Morgan fingerprint density at radius 2 is 2.12 bits per heavy atom. The van der Waals surface area contributed by atoms with Crippen LogP contribution in [0.1, 0.15) is 24.8 Å². The van der Waals surface area contributed by atoms with Crippen molar-refractivity contribution in [2.24, 2.45) is 11.1 Å². The van der Waals surface area contributed by atoms with Crippen LogP contribution in [0.3, 0.4) is 0 Å². The van der Waals surface area contributed by atoms with Gasteiger partial charge < -0.3 is 10.5 Å². The molecule has 1 atom stereocenters. The summed E-state index contributed by atoms with van der Waals surface area (Å²) in [7, 11) is 1.38. The molecule has 0 aliphatic heterocycles. The molecule has 1 aromatic rings. The van der Waals surface area contributed by atoms with E-state index in [-0.39, 0.29) is 24.4 Å². The molecule has 0 spiro atoms. The number of nitrogens with two attached hydrogens (primary N) is 1. The number of thiophene rings is 1. The number of esters is 1. The van der Waals surface area contributed by atoms with Crippen molar-refractivity contribution >= 4 is 45.6 Å². The van der Waals surface area contributed by atoms with Gasteiger partial charge in [-0.25, -0.2) is 0 Å². The van der Waals surface area contributed by atoms with Gasteiger partial charge >= 0.3 is 5.97 Å². The molecule has 0 radical (unpaired) electrons. The van der Waals surface area contributed by atoms with Crippen LogP contribution < -0.4 is 5.73 Å². The quantitative estimate of drug-likeness (QED) is 0.867. The zero-order valence-corrected chi connectivity index (χ0v) is 12.5. The molecule has 0 amide bonds. The first-order chi connectivity index (χ1) is 6.89. The summed E-state index contributed by atoms with van der Waals surface area (Å²) in [5.41, 5.74) is 5.34. The van der Waals surface area contributed by atoms with Gasteiger partial charge in [0.05, 0.1) is 22.4 Å². The van der Waals surface area contributed by atoms with Crippen molar-refractivity contribution in [1.82, 2.24) is 0 Å². The number of rotatable bonds is 3. The molecular weight excluding hydrogens is 314 g/mol. The van der Waals surface area contributed by atoms with Crippen LogP contribution >= 0.6 is 39.7 Å². The summed E-state index contributed by atoms with van der Waals surface area (Å²) in [5, 5.41) is 0. The Hall–Kier alpha value is -0.100. The van der Waals surface area contributed by atoms with Gasteiger partial charge in [-0.05, 0) is 41.9 Å². The van der Waals surface area contributed by atoms with E-state index in [9.17, 15) is 4.79 Å².